The number of carbonyl (C=O) groups excluding carboxylic acids is 1. The summed E-state index contributed by atoms with van der Waals surface area (Å²) in [6.45, 7) is 0. The topological polar surface area (TPSA) is 63.6 Å². The van der Waals surface area contributed by atoms with Crippen LogP contribution in [0, 0.1) is 82.9 Å². The van der Waals surface area contributed by atoms with Crippen LogP contribution in [-0.2, 0) is 14.3 Å². The first-order valence-electron chi connectivity index (χ1n) is 13.0. The van der Waals surface area contributed by atoms with Crippen LogP contribution >= 0.6 is 0 Å². The van der Waals surface area contributed by atoms with Gasteiger partial charge in [0, 0.05) is 0 Å². The molecule has 0 aliphatic heterocycles. The third kappa shape index (κ3) is 1.93. The van der Waals surface area contributed by atoms with Gasteiger partial charge in [-0.3, -0.25) is 9.59 Å². The molecule has 0 aromatic carbocycles. The molecule has 15 atom stereocenters. The minimum Gasteiger partial charge on any atom is -0.481 e. The van der Waals surface area contributed by atoms with Gasteiger partial charge in [0.2, 0.25) is 0 Å². The zero-order valence-corrected chi connectivity index (χ0v) is 17.7. The molecule has 162 valence electrons. The van der Waals surface area contributed by atoms with E-state index in [2.05, 4.69) is 0 Å². The maximum Gasteiger partial charge on any atom is 0.310 e. The summed E-state index contributed by atoms with van der Waals surface area (Å²) in [4.78, 5) is 25.8. The lowest BCUT2D eigenvalue weighted by Crippen LogP contribution is -2.46. The molecule has 8 bridgehead atoms. The Morgan fingerprint density at radius 2 is 1.17 bits per heavy atom. The van der Waals surface area contributed by atoms with E-state index < -0.39 is 11.9 Å². The molecule has 0 aromatic heterocycles. The minimum atomic E-state index is -0.730. The highest BCUT2D eigenvalue weighted by atomic mass is 16.5. The van der Waals surface area contributed by atoms with Crippen LogP contribution in [0.15, 0.2) is 0 Å². The number of ether oxygens (including phenoxy) is 1. The molecule has 8 aliphatic carbocycles. The number of carbonyl (C=O) groups is 2. The molecule has 4 nitrogen and oxygen atoms in total. The second-order valence-corrected chi connectivity index (χ2v) is 12.8. The van der Waals surface area contributed by atoms with Crippen molar-refractivity contribution in [3.8, 4) is 0 Å². The fraction of sp³-hybridized carbons (Fsp3) is 0.923. The van der Waals surface area contributed by atoms with E-state index in [1.807, 2.05) is 0 Å². The molecule has 0 aromatic rings. The summed E-state index contributed by atoms with van der Waals surface area (Å²) in [5, 5.41) is 10.1. The van der Waals surface area contributed by atoms with Crippen molar-refractivity contribution < 1.29 is 19.4 Å². The zero-order chi connectivity index (χ0) is 19.9. The van der Waals surface area contributed by atoms with Crippen LogP contribution in [0.3, 0.4) is 0 Å². The summed E-state index contributed by atoms with van der Waals surface area (Å²) >= 11 is 0. The Balaban J connectivity index is 1.05. The molecule has 4 heteroatoms. The van der Waals surface area contributed by atoms with Gasteiger partial charge in [-0.05, 0) is 129 Å². The first kappa shape index (κ1) is 17.5. The Morgan fingerprint density at radius 1 is 0.600 bits per heavy atom. The molecule has 8 rings (SSSR count). The molecule has 8 aliphatic rings. The number of carboxylic acids is 1. The van der Waals surface area contributed by atoms with E-state index in [0.29, 0.717) is 17.8 Å². The van der Waals surface area contributed by atoms with Gasteiger partial charge in [0.05, 0.1) is 11.8 Å². The van der Waals surface area contributed by atoms with Crippen molar-refractivity contribution >= 4 is 11.9 Å². The van der Waals surface area contributed by atoms with Crippen molar-refractivity contribution in [1.82, 2.24) is 0 Å². The second-order valence-electron chi connectivity index (χ2n) is 12.8. The number of hydrogen-bond donors (Lipinski definition) is 1. The van der Waals surface area contributed by atoms with Crippen molar-refractivity contribution in [2.24, 2.45) is 82.9 Å². The second kappa shape index (κ2) is 5.64. The zero-order valence-electron chi connectivity index (χ0n) is 17.7. The van der Waals surface area contributed by atoms with Crippen molar-refractivity contribution in [2.45, 2.75) is 63.9 Å². The smallest absolute Gasteiger partial charge is 0.310 e. The lowest BCUT2D eigenvalue weighted by Gasteiger charge is -2.42. The quantitative estimate of drug-likeness (QED) is 0.559. The van der Waals surface area contributed by atoms with Crippen LogP contribution in [0.1, 0.15) is 57.8 Å². The molecule has 15 unspecified atom stereocenters. The summed E-state index contributed by atoms with van der Waals surface area (Å²) in [5.74, 6) is 6.51. The summed E-state index contributed by atoms with van der Waals surface area (Å²) in [6.07, 6.45) is 11.6. The fourth-order valence-corrected chi connectivity index (χ4v) is 12.1. The van der Waals surface area contributed by atoms with E-state index in [4.69, 9.17) is 4.74 Å². The molecule has 0 radical (unpaired) electrons. The number of esters is 1. The van der Waals surface area contributed by atoms with Crippen LogP contribution in [0.2, 0.25) is 0 Å². The third-order valence-corrected chi connectivity index (χ3v) is 12.4. The SMILES string of the molecule is O=C(O)C1C2CC(C1C(=O)OC1CC3CC1C1C4CCC(C4)C31)C1C3CCC(C3)C21. The summed E-state index contributed by atoms with van der Waals surface area (Å²) in [7, 11) is 0. The molecule has 30 heavy (non-hydrogen) atoms. The van der Waals surface area contributed by atoms with Crippen LogP contribution in [0.5, 0.6) is 0 Å². The normalized spacial score (nSPS) is 62.9. The molecule has 0 saturated heterocycles. The van der Waals surface area contributed by atoms with Crippen molar-refractivity contribution in [2.75, 3.05) is 0 Å². The van der Waals surface area contributed by atoms with Gasteiger partial charge >= 0.3 is 11.9 Å². The lowest BCUT2D eigenvalue weighted by atomic mass is 9.63. The Hall–Kier alpha value is -1.06. The van der Waals surface area contributed by atoms with Crippen molar-refractivity contribution in [3.63, 3.8) is 0 Å². The maximum absolute atomic E-state index is 13.5. The van der Waals surface area contributed by atoms with E-state index in [-0.39, 0.29) is 29.8 Å². The highest BCUT2D eigenvalue weighted by Crippen LogP contribution is 2.71. The summed E-state index contributed by atoms with van der Waals surface area (Å²) in [5.41, 5.74) is 0. The Morgan fingerprint density at radius 3 is 1.80 bits per heavy atom. The molecule has 1 N–H and O–H groups in total. The highest BCUT2D eigenvalue weighted by Gasteiger charge is 2.69. The number of fused-ring (bicyclic) bond motifs is 18. The number of rotatable bonds is 3. The van der Waals surface area contributed by atoms with Gasteiger partial charge in [-0.25, -0.2) is 0 Å². The fourth-order valence-electron chi connectivity index (χ4n) is 12.1. The van der Waals surface area contributed by atoms with Gasteiger partial charge in [0.1, 0.15) is 6.10 Å². The van der Waals surface area contributed by atoms with Gasteiger partial charge in [-0.15, -0.1) is 0 Å². The Kier molecular flexibility index (Phi) is 3.29. The number of aliphatic carboxylic acids is 1. The van der Waals surface area contributed by atoms with E-state index >= 15 is 0 Å². The largest absolute Gasteiger partial charge is 0.481 e. The summed E-state index contributed by atoms with van der Waals surface area (Å²) in [6, 6.07) is 0. The third-order valence-electron chi connectivity index (χ3n) is 12.4. The highest BCUT2D eigenvalue weighted by molar-refractivity contribution is 5.83. The van der Waals surface area contributed by atoms with Crippen LogP contribution in [0.4, 0.5) is 0 Å². The van der Waals surface area contributed by atoms with Crippen LogP contribution in [0.25, 0.3) is 0 Å². The van der Waals surface area contributed by atoms with Gasteiger partial charge in [-0.2, -0.15) is 0 Å². The van der Waals surface area contributed by atoms with Crippen molar-refractivity contribution in [3.05, 3.63) is 0 Å². The van der Waals surface area contributed by atoms with E-state index in [1.165, 1.54) is 44.9 Å². The minimum absolute atomic E-state index is 0.0903. The van der Waals surface area contributed by atoms with E-state index in [9.17, 15) is 14.7 Å². The summed E-state index contributed by atoms with van der Waals surface area (Å²) < 4.78 is 6.30. The molecule has 0 amide bonds. The average Bonchev–Trinajstić information content (AvgIpc) is 3.53. The van der Waals surface area contributed by atoms with Gasteiger partial charge in [-0.1, -0.05) is 0 Å². The average molecular weight is 411 g/mol. The molecular formula is C26H34O4. The molecule has 0 spiro atoms. The predicted octanol–water partition coefficient (Wildman–Crippen LogP) is 4.23. The van der Waals surface area contributed by atoms with E-state index in [1.54, 1.807) is 0 Å². The molecule has 8 fully saturated rings. The van der Waals surface area contributed by atoms with E-state index in [0.717, 1.165) is 54.3 Å². The van der Waals surface area contributed by atoms with Crippen LogP contribution < -0.4 is 0 Å². The van der Waals surface area contributed by atoms with Gasteiger partial charge in [0.25, 0.3) is 0 Å². The maximum atomic E-state index is 13.5. The number of carboxylic acid groups (broad SMARTS) is 1. The lowest BCUT2D eigenvalue weighted by molar-refractivity contribution is -0.171. The molecular weight excluding hydrogens is 376 g/mol. The Labute approximate surface area is 178 Å². The molecule has 8 saturated carbocycles. The van der Waals surface area contributed by atoms with Crippen molar-refractivity contribution in [1.29, 1.82) is 0 Å². The monoisotopic (exact) mass is 410 g/mol. The molecule has 0 heterocycles. The predicted molar refractivity (Wildman–Crippen MR) is 108 cm³/mol. The first-order chi connectivity index (χ1) is 14.6. The van der Waals surface area contributed by atoms with Crippen LogP contribution in [-0.4, -0.2) is 23.1 Å². The standard InChI is InChI=1S/C26H34O4/c27-25(28)23-16-9-17(22-13-4-3-12(6-13)21(16)22)24(23)26(29)30-18-8-14-7-15(18)20-11-2-1-10(5-11)19(14)20/h10-24H,1-9H2,(H,27,28). The Bertz CT molecular complexity index is 822. The number of hydrogen-bond acceptors (Lipinski definition) is 3. The first-order valence-corrected chi connectivity index (χ1v) is 13.0. The van der Waals surface area contributed by atoms with Gasteiger partial charge < -0.3 is 9.84 Å². The van der Waals surface area contributed by atoms with Gasteiger partial charge in [0.15, 0.2) is 0 Å².